The Morgan fingerprint density at radius 2 is 1.95 bits per heavy atom. The second kappa shape index (κ2) is 5.96. The molecule has 0 aliphatic carbocycles. The first-order chi connectivity index (χ1) is 9.48. The fourth-order valence-corrected chi connectivity index (χ4v) is 3.08. The molecule has 1 saturated heterocycles. The molecule has 1 fully saturated rings. The lowest BCUT2D eigenvalue weighted by molar-refractivity contribution is -0.152. The molecule has 1 heterocycles. The lowest BCUT2D eigenvalue weighted by atomic mass is 9.76. The maximum absolute atomic E-state index is 11.5. The summed E-state index contributed by atoms with van der Waals surface area (Å²) in [7, 11) is 0. The van der Waals surface area contributed by atoms with E-state index in [0.29, 0.717) is 0 Å². The predicted molar refractivity (Wildman–Crippen MR) is 80.8 cm³/mol. The quantitative estimate of drug-likeness (QED) is 0.915. The van der Waals surface area contributed by atoms with Crippen molar-refractivity contribution in [2.24, 2.45) is 5.41 Å². The van der Waals surface area contributed by atoms with Crippen molar-refractivity contribution in [3.8, 4) is 0 Å². The summed E-state index contributed by atoms with van der Waals surface area (Å²) in [5.74, 6) is -0.619. The Balaban J connectivity index is 2.01. The van der Waals surface area contributed by atoms with E-state index in [1.165, 1.54) is 16.7 Å². The van der Waals surface area contributed by atoms with Crippen LogP contribution in [0.25, 0.3) is 0 Å². The number of rotatable bonds is 4. The third kappa shape index (κ3) is 2.88. The zero-order valence-corrected chi connectivity index (χ0v) is 12.8. The van der Waals surface area contributed by atoms with Gasteiger partial charge < -0.3 is 5.11 Å². The van der Waals surface area contributed by atoms with E-state index in [4.69, 9.17) is 0 Å². The summed E-state index contributed by atoms with van der Waals surface area (Å²) in [5, 5.41) is 9.43. The van der Waals surface area contributed by atoms with Gasteiger partial charge >= 0.3 is 5.97 Å². The molecule has 0 atom stereocenters. The number of nitrogens with zero attached hydrogens (tertiary/aromatic N) is 1. The molecule has 0 unspecified atom stereocenters. The first kappa shape index (κ1) is 15.0. The maximum Gasteiger partial charge on any atom is 0.309 e. The van der Waals surface area contributed by atoms with Crippen molar-refractivity contribution in [3.05, 3.63) is 34.9 Å². The number of piperidine rings is 1. The molecule has 0 bridgehead atoms. The van der Waals surface area contributed by atoms with Crippen LogP contribution in [-0.4, -0.2) is 29.1 Å². The Labute approximate surface area is 121 Å². The van der Waals surface area contributed by atoms with Gasteiger partial charge in [-0.05, 0) is 62.9 Å². The Bertz CT molecular complexity index is 488. The van der Waals surface area contributed by atoms with Crippen molar-refractivity contribution < 1.29 is 9.90 Å². The molecule has 0 radical (unpaired) electrons. The number of carboxylic acid groups (broad SMARTS) is 1. The van der Waals surface area contributed by atoms with Crippen molar-refractivity contribution >= 4 is 5.97 Å². The second-order valence-corrected chi connectivity index (χ2v) is 6.07. The van der Waals surface area contributed by atoms with Crippen molar-refractivity contribution in [2.75, 3.05) is 13.1 Å². The van der Waals surface area contributed by atoms with Crippen molar-refractivity contribution in [3.63, 3.8) is 0 Å². The van der Waals surface area contributed by atoms with Crippen LogP contribution in [0.1, 0.15) is 42.9 Å². The molecule has 20 heavy (non-hydrogen) atoms. The van der Waals surface area contributed by atoms with Gasteiger partial charge in [-0.2, -0.15) is 0 Å². The van der Waals surface area contributed by atoms with E-state index in [9.17, 15) is 9.90 Å². The summed E-state index contributed by atoms with van der Waals surface area (Å²) in [4.78, 5) is 13.8. The minimum Gasteiger partial charge on any atom is -0.481 e. The number of aliphatic carboxylic acids is 1. The molecule has 110 valence electrons. The monoisotopic (exact) mass is 275 g/mol. The van der Waals surface area contributed by atoms with E-state index in [1.807, 2.05) is 6.92 Å². The highest BCUT2D eigenvalue weighted by atomic mass is 16.4. The van der Waals surface area contributed by atoms with Crippen molar-refractivity contribution in [1.82, 2.24) is 4.90 Å². The fraction of sp³-hybridized carbons (Fsp3) is 0.588. The molecule has 0 saturated carbocycles. The molecule has 1 N–H and O–H groups in total. The van der Waals surface area contributed by atoms with Crippen LogP contribution in [0, 0.1) is 19.3 Å². The Hall–Kier alpha value is -1.35. The first-order valence-corrected chi connectivity index (χ1v) is 7.49. The topological polar surface area (TPSA) is 40.5 Å². The number of likely N-dealkylation sites (tertiary alicyclic amines) is 1. The van der Waals surface area contributed by atoms with Gasteiger partial charge in [0.05, 0.1) is 5.41 Å². The van der Waals surface area contributed by atoms with Crippen LogP contribution in [0.5, 0.6) is 0 Å². The smallest absolute Gasteiger partial charge is 0.309 e. The number of aryl methyl sites for hydroxylation is 1. The van der Waals surface area contributed by atoms with Gasteiger partial charge in [0.2, 0.25) is 0 Å². The van der Waals surface area contributed by atoms with Gasteiger partial charge in [-0.3, -0.25) is 9.69 Å². The van der Waals surface area contributed by atoms with Crippen LogP contribution in [0.3, 0.4) is 0 Å². The molecule has 2 rings (SSSR count). The second-order valence-electron chi connectivity index (χ2n) is 6.07. The largest absolute Gasteiger partial charge is 0.481 e. The lowest BCUT2D eigenvalue weighted by Crippen LogP contribution is -2.43. The number of benzene rings is 1. The fourth-order valence-electron chi connectivity index (χ4n) is 3.08. The summed E-state index contributed by atoms with van der Waals surface area (Å²) in [6.07, 6.45) is 2.27. The van der Waals surface area contributed by atoms with Gasteiger partial charge in [0.1, 0.15) is 0 Å². The minimum absolute atomic E-state index is 0.488. The van der Waals surface area contributed by atoms with E-state index in [-0.39, 0.29) is 0 Å². The molecule has 1 aliphatic rings. The van der Waals surface area contributed by atoms with Crippen LogP contribution in [0.2, 0.25) is 0 Å². The average molecular weight is 275 g/mol. The SMILES string of the molecule is CCC1(C(=O)O)CCN(Cc2cccc(C)c2C)CC1. The molecular weight excluding hydrogens is 250 g/mol. The van der Waals surface area contributed by atoms with E-state index < -0.39 is 11.4 Å². The first-order valence-electron chi connectivity index (χ1n) is 7.49. The van der Waals surface area contributed by atoms with Crippen LogP contribution >= 0.6 is 0 Å². The number of hydrogen-bond acceptors (Lipinski definition) is 2. The van der Waals surface area contributed by atoms with Gasteiger partial charge in [-0.1, -0.05) is 25.1 Å². The highest BCUT2D eigenvalue weighted by molar-refractivity contribution is 5.74. The van der Waals surface area contributed by atoms with Gasteiger partial charge in [0, 0.05) is 6.54 Å². The van der Waals surface area contributed by atoms with Crippen LogP contribution in [-0.2, 0) is 11.3 Å². The van der Waals surface area contributed by atoms with Crippen molar-refractivity contribution in [1.29, 1.82) is 0 Å². The third-order valence-corrected chi connectivity index (χ3v) is 5.05. The van der Waals surface area contributed by atoms with E-state index in [2.05, 4.69) is 36.9 Å². The Morgan fingerprint density at radius 1 is 1.30 bits per heavy atom. The number of hydrogen-bond donors (Lipinski definition) is 1. The van der Waals surface area contributed by atoms with Gasteiger partial charge in [-0.25, -0.2) is 0 Å². The number of carboxylic acids is 1. The average Bonchev–Trinajstić information content (AvgIpc) is 2.44. The molecule has 0 spiro atoms. The molecule has 1 aromatic rings. The van der Waals surface area contributed by atoms with Crippen molar-refractivity contribution in [2.45, 2.75) is 46.6 Å². The molecular formula is C17H25NO2. The Kier molecular flexibility index (Phi) is 4.48. The van der Waals surface area contributed by atoms with Crippen LogP contribution in [0.15, 0.2) is 18.2 Å². The minimum atomic E-state index is -0.619. The highest BCUT2D eigenvalue weighted by Gasteiger charge is 2.39. The van der Waals surface area contributed by atoms with Gasteiger partial charge in [0.15, 0.2) is 0 Å². The van der Waals surface area contributed by atoms with E-state index in [1.54, 1.807) is 0 Å². The number of carbonyl (C=O) groups is 1. The highest BCUT2D eigenvalue weighted by Crippen LogP contribution is 2.35. The van der Waals surface area contributed by atoms with E-state index >= 15 is 0 Å². The molecule has 0 aromatic heterocycles. The van der Waals surface area contributed by atoms with E-state index in [0.717, 1.165) is 38.9 Å². The van der Waals surface area contributed by atoms with Crippen LogP contribution < -0.4 is 0 Å². The molecule has 3 heteroatoms. The summed E-state index contributed by atoms with van der Waals surface area (Å²) >= 11 is 0. The third-order valence-electron chi connectivity index (χ3n) is 5.05. The summed E-state index contributed by atoms with van der Waals surface area (Å²) in [6, 6.07) is 6.43. The summed E-state index contributed by atoms with van der Waals surface area (Å²) < 4.78 is 0. The van der Waals surface area contributed by atoms with Gasteiger partial charge in [-0.15, -0.1) is 0 Å². The predicted octanol–water partition coefficient (Wildman–Crippen LogP) is 3.38. The summed E-state index contributed by atoms with van der Waals surface area (Å²) in [5.41, 5.74) is 3.56. The zero-order valence-electron chi connectivity index (χ0n) is 12.8. The zero-order chi connectivity index (χ0) is 14.8. The summed E-state index contributed by atoms with van der Waals surface area (Å²) in [6.45, 7) is 9.01. The maximum atomic E-state index is 11.5. The molecule has 1 aliphatic heterocycles. The molecule has 3 nitrogen and oxygen atoms in total. The van der Waals surface area contributed by atoms with Crippen LogP contribution in [0.4, 0.5) is 0 Å². The molecule has 0 amide bonds. The normalized spacial score (nSPS) is 18.9. The molecule has 1 aromatic carbocycles. The Morgan fingerprint density at radius 3 is 2.50 bits per heavy atom. The lowest BCUT2D eigenvalue weighted by Gasteiger charge is -2.38. The van der Waals surface area contributed by atoms with Gasteiger partial charge in [0.25, 0.3) is 0 Å². The standard InChI is InChI=1S/C17H25NO2/c1-4-17(16(19)20)8-10-18(11-9-17)12-15-7-5-6-13(2)14(15)3/h5-7H,4,8-12H2,1-3H3,(H,19,20).